The topological polar surface area (TPSA) is 43.0 Å². The fourth-order valence-electron chi connectivity index (χ4n) is 3.57. The summed E-state index contributed by atoms with van der Waals surface area (Å²) in [4.78, 5) is 0. The van der Waals surface area contributed by atoms with Crippen molar-refractivity contribution < 1.29 is 5.11 Å². The van der Waals surface area contributed by atoms with Crippen molar-refractivity contribution in [1.82, 2.24) is 14.3 Å². The Labute approximate surface area is 175 Å². The van der Waals surface area contributed by atoms with Gasteiger partial charge in [0.25, 0.3) is 0 Å². The average molecular weight is 467 g/mol. The van der Waals surface area contributed by atoms with Crippen LogP contribution in [0.1, 0.15) is 11.4 Å². The van der Waals surface area contributed by atoms with Crippen LogP contribution in [0.15, 0.2) is 40.9 Å². The molecule has 4 aromatic rings. The molecule has 0 amide bonds. The molecule has 0 spiro atoms. The molecular weight excluding hydrogens is 449 g/mol. The van der Waals surface area contributed by atoms with Gasteiger partial charge in [0, 0.05) is 37.5 Å². The molecule has 4 rings (SSSR count). The van der Waals surface area contributed by atoms with E-state index in [4.69, 9.17) is 23.2 Å². The minimum absolute atomic E-state index is 0.417. The van der Waals surface area contributed by atoms with Crippen molar-refractivity contribution in [2.45, 2.75) is 33.0 Å². The van der Waals surface area contributed by atoms with E-state index < -0.39 is 6.10 Å². The maximum Gasteiger partial charge on any atom is 0.0914 e. The monoisotopic (exact) mass is 465 g/mol. The number of rotatable bonds is 4. The summed E-state index contributed by atoms with van der Waals surface area (Å²) < 4.78 is 4.94. The highest BCUT2D eigenvalue weighted by molar-refractivity contribution is 9.10. The summed E-state index contributed by atoms with van der Waals surface area (Å²) in [5.41, 5.74) is 3.96. The van der Waals surface area contributed by atoms with Gasteiger partial charge in [0.1, 0.15) is 0 Å². The van der Waals surface area contributed by atoms with Crippen LogP contribution in [-0.4, -0.2) is 25.6 Å². The molecule has 0 saturated heterocycles. The molecule has 2 aromatic heterocycles. The molecule has 1 atom stereocenters. The van der Waals surface area contributed by atoms with E-state index in [1.54, 1.807) is 0 Å². The van der Waals surface area contributed by atoms with Crippen LogP contribution >= 0.6 is 39.1 Å². The van der Waals surface area contributed by atoms with Crippen molar-refractivity contribution >= 4 is 60.9 Å². The van der Waals surface area contributed by atoms with E-state index in [0.29, 0.717) is 23.1 Å². The average Bonchev–Trinajstić information content (AvgIpc) is 3.04. The van der Waals surface area contributed by atoms with E-state index in [2.05, 4.69) is 25.6 Å². The van der Waals surface area contributed by atoms with E-state index in [1.807, 2.05) is 54.9 Å². The molecule has 0 fully saturated rings. The van der Waals surface area contributed by atoms with E-state index in [1.165, 1.54) is 0 Å². The number of fused-ring (bicyclic) bond motifs is 3. The maximum absolute atomic E-state index is 10.8. The SMILES string of the molecule is Cc1nn(C[C@H](O)Cn2c3ccc(Cl)cc3c3cc(Cl)ccc32)c(C)c1Br. The van der Waals surface area contributed by atoms with Crippen LogP contribution in [0.3, 0.4) is 0 Å². The first-order valence-corrected chi connectivity index (χ1v) is 10.1. The predicted molar refractivity (Wildman–Crippen MR) is 115 cm³/mol. The summed E-state index contributed by atoms with van der Waals surface area (Å²) in [7, 11) is 0. The fraction of sp³-hybridized carbons (Fsp3) is 0.250. The summed E-state index contributed by atoms with van der Waals surface area (Å²) in [5, 5.41) is 18.7. The summed E-state index contributed by atoms with van der Waals surface area (Å²) in [6.07, 6.45) is -0.597. The zero-order valence-electron chi connectivity index (χ0n) is 14.9. The molecule has 0 saturated carbocycles. The van der Waals surface area contributed by atoms with Gasteiger partial charge in [0.15, 0.2) is 0 Å². The Morgan fingerprint density at radius 3 is 2.04 bits per heavy atom. The predicted octanol–water partition coefficient (Wildman–Crippen LogP) is 5.74. The molecule has 0 radical (unpaired) electrons. The first kappa shape index (κ1) is 18.8. The van der Waals surface area contributed by atoms with Crippen LogP contribution in [0.4, 0.5) is 0 Å². The number of hydrogen-bond acceptors (Lipinski definition) is 2. The largest absolute Gasteiger partial charge is 0.389 e. The van der Waals surface area contributed by atoms with Crippen LogP contribution in [0.2, 0.25) is 10.0 Å². The number of aromatic nitrogens is 3. The molecule has 2 heterocycles. The van der Waals surface area contributed by atoms with Gasteiger partial charge in [-0.25, -0.2) is 0 Å². The van der Waals surface area contributed by atoms with Crippen molar-refractivity contribution in [3.63, 3.8) is 0 Å². The molecule has 140 valence electrons. The molecule has 27 heavy (non-hydrogen) atoms. The van der Waals surface area contributed by atoms with Crippen LogP contribution in [0, 0.1) is 13.8 Å². The Bertz CT molecular complexity index is 1110. The lowest BCUT2D eigenvalue weighted by atomic mass is 10.1. The Kier molecular flexibility index (Phi) is 4.97. The minimum atomic E-state index is -0.597. The van der Waals surface area contributed by atoms with Crippen LogP contribution in [-0.2, 0) is 13.1 Å². The highest BCUT2D eigenvalue weighted by Gasteiger charge is 2.17. The zero-order valence-corrected chi connectivity index (χ0v) is 18.0. The summed E-state index contributed by atoms with van der Waals surface area (Å²) in [6, 6.07) is 11.6. The van der Waals surface area contributed by atoms with Crippen molar-refractivity contribution in [1.29, 1.82) is 0 Å². The molecule has 0 aliphatic rings. The lowest BCUT2D eigenvalue weighted by Crippen LogP contribution is -2.23. The van der Waals surface area contributed by atoms with Gasteiger partial charge in [-0.1, -0.05) is 23.2 Å². The Hall–Kier alpha value is -1.53. The molecule has 1 N–H and O–H groups in total. The first-order chi connectivity index (χ1) is 12.8. The second-order valence-corrected chi connectivity index (χ2v) is 8.42. The highest BCUT2D eigenvalue weighted by atomic mass is 79.9. The summed E-state index contributed by atoms with van der Waals surface area (Å²) in [6.45, 7) is 4.79. The van der Waals surface area contributed by atoms with Crippen LogP contribution in [0.5, 0.6) is 0 Å². The highest BCUT2D eigenvalue weighted by Crippen LogP contribution is 2.33. The normalized spacial score (nSPS) is 13.0. The van der Waals surface area contributed by atoms with E-state index in [9.17, 15) is 5.11 Å². The maximum atomic E-state index is 10.8. The van der Waals surface area contributed by atoms with Crippen molar-refractivity contribution in [2.75, 3.05) is 0 Å². The third-order valence-electron chi connectivity index (χ3n) is 4.86. The van der Waals surface area contributed by atoms with E-state index in [0.717, 1.165) is 37.7 Å². The third-order valence-corrected chi connectivity index (χ3v) is 6.48. The first-order valence-electron chi connectivity index (χ1n) is 8.59. The lowest BCUT2D eigenvalue weighted by molar-refractivity contribution is 0.132. The second-order valence-electron chi connectivity index (χ2n) is 6.75. The number of aryl methyl sites for hydroxylation is 1. The van der Waals surface area contributed by atoms with Gasteiger partial charge >= 0.3 is 0 Å². The Balaban J connectivity index is 1.75. The molecule has 2 aromatic carbocycles. The molecule has 0 unspecified atom stereocenters. The summed E-state index contributed by atoms with van der Waals surface area (Å²) in [5.74, 6) is 0. The van der Waals surface area contributed by atoms with E-state index >= 15 is 0 Å². The van der Waals surface area contributed by atoms with Crippen LogP contribution in [0.25, 0.3) is 21.8 Å². The zero-order chi connectivity index (χ0) is 19.3. The molecule has 7 heteroatoms. The van der Waals surface area contributed by atoms with Gasteiger partial charge < -0.3 is 9.67 Å². The quantitative estimate of drug-likeness (QED) is 0.416. The number of aliphatic hydroxyl groups is 1. The Morgan fingerprint density at radius 2 is 1.56 bits per heavy atom. The van der Waals surface area contributed by atoms with Gasteiger partial charge in [-0.15, -0.1) is 0 Å². The molecular formula is C20H18BrCl2N3O. The second kappa shape index (κ2) is 7.13. The lowest BCUT2D eigenvalue weighted by Gasteiger charge is -2.15. The number of benzene rings is 2. The number of hydrogen-bond donors (Lipinski definition) is 1. The van der Waals surface area contributed by atoms with Gasteiger partial charge in [-0.2, -0.15) is 5.10 Å². The van der Waals surface area contributed by atoms with Gasteiger partial charge in [-0.3, -0.25) is 4.68 Å². The number of halogens is 3. The van der Waals surface area contributed by atoms with Crippen LogP contribution < -0.4 is 0 Å². The minimum Gasteiger partial charge on any atom is -0.389 e. The number of aliphatic hydroxyl groups excluding tert-OH is 1. The Morgan fingerprint density at radius 1 is 1.00 bits per heavy atom. The smallest absolute Gasteiger partial charge is 0.0914 e. The molecule has 0 aliphatic carbocycles. The molecule has 0 aliphatic heterocycles. The van der Waals surface area contributed by atoms with Gasteiger partial charge in [0.05, 0.1) is 29.4 Å². The number of nitrogens with zero attached hydrogens (tertiary/aromatic N) is 3. The standard InChI is InChI=1S/C20H18BrCl2N3O/c1-11-20(21)12(2)26(24-11)10-15(27)9-25-18-5-3-13(22)7-16(18)17-8-14(23)4-6-19(17)25/h3-8,15,27H,9-10H2,1-2H3/t15-/m1/s1. The molecule has 4 nitrogen and oxygen atoms in total. The van der Waals surface area contributed by atoms with Crippen molar-refractivity contribution in [2.24, 2.45) is 0 Å². The van der Waals surface area contributed by atoms with Gasteiger partial charge in [0.2, 0.25) is 0 Å². The van der Waals surface area contributed by atoms with E-state index in [-0.39, 0.29) is 0 Å². The van der Waals surface area contributed by atoms with Gasteiger partial charge in [-0.05, 0) is 66.2 Å². The van der Waals surface area contributed by atoms with Crippen molar-refractivity contribution in [3.8, 4) is 0 Å². The fourth-order valence-corrected chi connectivity index (χ4v) is 4.19. The third kappa shape index (κ3) is 3.38. The van der Waals surface area contributed by atoms with Crippen molar-refractivity contribution in [3.05, 3.63) is 62.3 Å². The molecule has 0 bridgehead atoms. The summed E-state index contributed by atoms with van der Waals surface area (Å²) >= 11 is 16.0.